The van der Waals surface area contributed by atoms with Crippen molar-refractivity contribution in [3.05, 3.63) is 72.3 Å². The maximum atomic E-state index is 12.8. The first-order valence-electron chi connectivity index (χ1n) is 8.29. The van der Waals surface area contributed by atoms with Gasteiger partial charge in [-0.3, -0.25) is 9.29 Å². The van der Waals surface area contributed by atoms with Gasteiger partial charge in [-0.2, -0.15) is 0 Å². The molecule has 1 N–H and O–H groups in total. The summed E-state index contributed by atoms with van der Waals surface area (Å²) >= 11 is 0. The largest absolute Gasteiger partial charge is 0.287 e. The van der Waals surface area contributed by atoms with E-state index in [1.54, 1.807) is 47.6 Å². The fourth-order valence-corrected chi connectivity index (χ4v) is 3.70. The summed E-state index contributed by atoms with van der Waals surface area (Å²) in [4.78, 5) is 13.3. The molecule has 2 aromatic heterocycles. The zero-order valence-electron chi connectivity index (χ0n) is 14.8. The lowest BCUT2D eigenvalue weighted by Gasteiger charge is -2.13. The number of aromatic nitrogens is 4. The van der Waals surface area contributed by atoms with Crippen LogP contribution in [0.1, 0.15) is 11.1 Å². The zero-order valence-corrected chi connectivity index (χ0v) is 15.6. The summed E-state index contributed by atoms with van der Waals surface area (Å²) in [5, 5.41) is 0. The van der Waals surface area contributed by atoms with E-state index in [0.717, 1.165) is 11.1 Å². The number of hydrogen-bond acceptors (Lipinski definition) is 5. The standard InChI is InChI=1S/C19H17N5O2S/c1-13-3-6-15(7-4-13)27(25,26)23-18-19(24-10-9-20-12-24)22-17-11-14(2)5-8-16(17)21-18/h3-12H,1-2H3,(H,21,23). The Balaban J connectivity index is 1.86. The van der Waals surface area contributed by atoms with E-state index in [1.165, 1.54) is 0 Å². The highest BCUT2D eigenvalue weighted by molar-refractivity contribution is 7.92. The SMILES string of the molecule is Cc1ccc(S(=O)(=O)Nc2nc3ccc(C)cc3nc2-n2ccnc2)cc1. The molecule has 136 valence electrons. The van der Waals surface area contributed by atoms with Crippen LogP contribution in [0.5, 0.6) is 0 Å². The van der Waals surface area contributed by atoms with E-state index in [4.69, 9.17) is 0 Å². The topological polar surface area (TPSA) is 89.8 Å². The van der Waals surface area contributed by atoms with E-state index < -0.39 is 10.0 Å². The van der Waals surface area contributed by atoms with Crippen LogP contribution < -0.4 is 4.72 Å². The summed E-state index contributed by atoms with van der Waals surface area (Å²) in [5.74, 6) is 0.506. The van der Waals surface area contributed by atoms with Crippen LogP contribution in [0, 0.1) is 13.8 Å². The molecule has 2 aromatic carbocycles. The van der Waals surface area contributed by atoms with Gasteiger partial charge in [0, 0.05) is 12.4 Å². The minimum absolute atomic E-state index is 0.143. The second kappa shape index (κ2) is 6.48. The average molecular weight is 379 g/mol. The molecule has 0 spiro atoms. The van der Waals surface area contributed by atoms with Gasteiger partial charge in [0.15, 0.2) is 11.6 Å². The molecule has 4 rings (SSSR count). The first kappa shape index (κ1) is 17.2. The fraction of sp³-hybridized carbons (Fsp3) is 0.105. The van der Waals surface area contributed by atoms with Crippen LogP contribution in [-0.4, -0.2) is 27.9 Å². The van der Waals surface area contributed by atoms with Gasteiger partial charge >= 0.3 is 0 Å². The molecule has 0 radical (unpaired) electrons. The third-order valence-electron chi connectivity index (χ3n) is 4.11. The highest BCUT2D eigenvalue weighted by Gasteiger charge is 2.19. The first-order chi connectivity index (χ1) is 12.9. The number of hydrogen-bond donors (Lipinski definition) is 1. The lowest BCUT2D eigenvalue weighted by atomic mass is 10.2. The van der Waals surface area contributed by atoms with Gasteiger partial charge in [-0.05, 0) is 43.7 Å². The molecule has 4 aromatic rings. The van der Waals surface area contributed by atoms with Crippen molar-refractivity contribution in [1.29, 1.82) is 0 Å². The molecule has 27 heavy (non-hydrogen) atoms. The third-order valence-corrected chi connectivity index (χ3v) is 5.47. The lowest BCUT2D eigenvalue weighted by molar-refractivity contribution is 0.601. The Morgan fingerprint density at radius 1 is 0.926 bits per heavy atom. The van der Waals surface area contributed by atoms with Crippen molar-refractivity contribution < 1.29 is 8.42 Å². The maximum Gasteiger partial charge on any atom is 0.263 e. The van der Waals surface area contributed by atoms with Gasteiger partial charge in [-0.15, -0.1) is 0 Å². The van der Waals surface area contributed by atoms with E-state index in [9.17, 15) is 8.42 Å². The molecular formula is C19H17N5O2S. The number of imidazole rings is 1. The van der Waals surface area contributed by atoms with Crippen molar-refractivity contribution in [2.24, 2.45) is 0 Å². The van der Waals surface area contributed by atoms with Crippen LogP contribution in [0.25, 0.3) is 16.9 Å². The number of benzene rings is 2. The third kappa shape index (κ3) is 3.39. The van der Waals surface area contributed by atoms with E-state index in [2.05, 4.69) is 19.7 Å². The second-order valence-corrected chi connectivity index (χ2v) is 7.96. The Morgan fingerprint density at radius 2 is 1.67 bits per heavy atom. The monoisotopic (exact) mass is 379 g/mol. The molecule has 8 heteroatoms. The Bertz CT molecular complexity index is 1220. The molecule has 0 amide bonds. The molecule has 0 atom stereocenters. The van der Waals surface area contributed by atoms with Gasteiger partial charge in [0.1, 0.15) is 6.33 Å². The number of nitrogens with one attached hydrogen (secondary N) is 1. The predicted octanol–water partition coefficient (Wildman–Crippen LogP) is 3.23. The van der Waals surface area contributed by atoms with E-state index >= 15 is 0 Å². The average Bonchev–Trinajstić information content (AvgIpc) is 3.16. The van der Waals surface area contributed by atoms with Gasteiger partial charge in [-0.1, -0.05) is 23.8 Å². The van der Waals surface area contributed by atoms with E-state index in [0.29, 0.717) is 16.9 Å². The number of sulfonamides is 1. The molecule has 0 saturated heterocycles. The number of nitrogens with zero attached hydrogens (tertiary/aromatic N) is 4. The summed E-state index contributed by atoms with van der Waals surface area (Å²) in [5.41, 5.74) is 3.30. The molecule has 0 aliphatic heterocycles. The predicted molar refractivity (Wildman–Crippen MR) is 103 cm³/mol. The Morgan fingerprint density at radius 3 is 2.37 bits per heavy atom. The van der Waals surface area contributed by atoms with Gasteiger partial charge < -0.3 is 0 Å². The van der Waals surface area contributed by atoms with Gasteiger partial charge in [0.05, 0.1) is 15.9 Å². The van der Waals surface area contributed by atoms with Crippen LogP contribution in [0.4, 0.5) is 5.82 Å². The number of rotatable bonds is 4. The molecule has 2 heterocycles. The minimum Gasteiger partial charge on any atom is -0.287 e. The van der Waals surface area contributed by atoms with Crippen LogP contribution in [0.15, 0.2) is 66.1 Å². The van der Waals surface area contributed by atoms with E-state index in [1.807, 2.05) is 32.0 Å². The summed E-state index contributed by atoms with van der Waals surface area (Å²) in [6.07, 6.45) is 4.84. The zero-order chi connectivity index (χ0) is 19.0. The van der Waals surface area contributed by atoms with Gasteiger partial charge in [0.2, 0.25) is 0 Å². The van der Waals surface area contributed by atoms with Crippen molar-refractivity contribution in [2.75, 3.05) is 4.72 Å². The van der Waals surface area contributed by atoms with Crippen LogP contribution in [0.2, 0.25) is 0 Å². The molecule has 0 fully saturated rings. The molecule has 0 saturated carbocycles. The van der Waals surface area contributed by atoms with Crippen molar-refractivity contribution in [1.82, 2.24) is 19.5 Å². The van der Waals surface area contributed by atoms with Gasteiger partial charge in [0.25, 0.3) is 10.0 Å². The smallest absolute Gasteiger partial charge is 0.263 e. The first-order valence-corrected chi connectivity index (χ1v) is 9.77. The molecule has 7 nitrogen and oxygen atoms in total. The number of anilines is 1. The highest BCUT2D eigenvalue weighted by Crippen LogP contribution is 2.24. The van der Waals surface area contributed by atoms with Crippen molar-refractivity contribution >= 4 is 26.9 Å². The van der Waals surface area contributed by atoms with Crippen LogP contribution in [-0.2, 0) is 10.0 Å². The molecule has 0 aliphatic carbocycles. The normalized spacial score (nSPS) is 11.6. The van der Waals surface area contributed by atoms with Crippen molar-refractivity contribution in [3.8, 4) is 5.82 Å². The Labute approximate surface area is 156 Å². The highest BCUT2D eigenvalue weighted by atomic mass is 32.2. The maximum absolute atomic E-state index is 12.8. The number of aryl methyl sites for hydroxylation is 2. The van der Waals surface area contributed by atoms with Gasteiger partial charge in [-0.25, -0.2) is 23.4 Å². The Kier molecular flexibility index (Phi) is 4.12. The number of fused-ring (bicyclic) bond motifs is 1. The van der Waals surface area contributed by atoms with Crippen LogP contribution in [0.3, 0.4) is 0 Å². The molecular weight excluding hydrogens is 362 g/mol. The molecule has 0 unspecified atom stereocenters. The van der Waals surface area contributed by atoms with Crippen LogP contribution >= 0.6 is 0 Å². The summed E-state index contributed by atoms with van der Waals surface area (Å²) < 4.78 is 29.8. The summed E-state index contributed by atoms with van der Waals surface area (Å²) in [6.45, 7) is 3.86. The summed E-state index contributed by atoms with van der Waals surface area (Å²) in [7, 11) is -3.81. The quantitative estimate of drug-likeness (QED) is 0.588. The molecule has 0 aliphatic rings. The second-order valence-electron chi connectivity index (χ2n) is 6.28. The lowest BCUT2D eigenvalue weighted by Crippen LogP contribution is -2.16. The summed E-state index contributed by atoms with van der Waals surface area (Å²) in [6, 6.07) is 12.3. The fourth-order valence-electron chi connectivity index (χ4n) is 2.69. The van der Waals surface area contributed by atoms with E-state index in [-0.39, 0.29) is 10.7 Å². The minimum atomic E-state index is -3.81. The Hall–Kier alpha value is -3.26. The van der Waals surface area contributed by atoms with Crippen molar-refractivity contribution in [3.63, 3.8) is 0 Å². The van der Waals surface area contributed by atoms with Crippen molar-refractivity contribution in [2.45, 2.75) is 18.7 Å². The molecule has 0 bridgehead atoms.